The van der Waals surface area contributed by atoms with Gasteiger partial charge in [0.05, 0.1) is 5.56 Å². The van der Waals surface area contributed by atoms with Gasteiger partial charge in [-0.05, 0) is 112 Å². The van der Waals surface area contributed by atoms with Gasteiger partial charge < -0.3 is 5.32 Å². The highest BCUT2D eigenvalue weighted by atomic mass is 19.4. The first-order valence-electron chi connectivity index (χ1n) is 11.5. The molecule has 176 valence electrons. The second kappa shape index (κ2) is 8.42. The third-order valence-corrected chi connectivity index (χ3v) is 6.35. The number of rotatable bonds is 3. The fourth-order valence-electron chi connectivity index (χ4n) is 4.68. The highest BCUT2D eigenvalue weighted by Crippen LogP contribution is 2.40. The van der Waals surface area contributed by atoms with Gasteiger partial charge in [-0.25, -0.2) is 0 Å². The normalized spacial score (nSPS) is 12.1. The Morgan fingerprint density at radius 2 is 1.46 bits per heavy atom. The van der Waals surface area contributed by atoms with Crippen LogP contribution in [-0.2, 0) is 6.18 Å². The fourth-order valence-corrected chi connectivity index (χ4v) is 4.68. The number of aryl methyl sites for hydroxylation is 1. The molecule has 5 aromatic rings. The van der Waals surface area contributed by atoms with Crippen LogP contribution < -0.4 is 5.32 Å². The number of fused-ring (bicyclic) bond motifs is 3. The smallest absolute Gasteiger partial charge is 0.350 e. The minimum Gasteiger partial charge on any atom is -0.350 e. The van der Waals surface area contributed by atoms with E-state index in [1.54, 1.807) is 6.07 Å². The molecule has 0 spiro atoms. The lowest BCUT2D eigenvalue weighted by molar-refractivity contribution is -0.137. The lowest BCUT2D eigenvalue weighted by Gasteiger charge is -2.16. The van der Waals surface area contributed by atoms with Crippen LogP contribution in [0.2, 0.25) is 0 Å². The van der Waals surface area contributed by atoms with E-state index in [1.807, 2.05) is 51.1 Å². The minimum atomic E-state index is -4.40. The maximum Gasteiger partial charge on any atom is 0.416 e. The Bertz CT molecular complexity index is 1600. The van der Waals surface area contributed by atoms with Crippen molar-refractivity contribution in [2.75, 3.05) is 0 Å². The number of hydrogen-bond acceptors (Lipinski definition) is 1. The first-order valence-corrected chi connectivity index (χ1v) is 11.5. The summed E-state index contributed by atoms with van der Waals surface area (Å²) < 4.78 is 39.7. The van der Waals surface area contributed by atoms with Gasteiger partial charge in [-0.3, -0.25) is 4.79 Å². The molecule has 0 fully saturated rings. The highest BCUT2D eigenvalue weighted by molar-refractivity contribution is 6.16. The Labute approximate surface area is 201 Å². The van der Waals surface area contributed by atoms with Crippen LogP contribution in [0, 0.1) is 6.92 Å². The zero-order valence-corrected chi connectivity index (χ0v) is 19.6. The molecule has 1 N–H and O–H groups in total. The number of halogens is 3. The molecule has 0 aliphatic heterocycles. The number of benzene rings is 5. The zero-order valence-electron chi connectivity index (χ0n) is 19.6. The lowest BCUT2D eigenvalue weighted by atomic mass is 9.89. The van der Waals surface area contributed by atoms with Gasteiger partial charge in [0.1, 0.15) is 0 Å². The topological polar surface area (TPSA) is 29.1 Å². The van der Waals surface area contributed by atoms with E-state index >= 15 is 0 Å². The Hall–Kier alpha value is -3.86. The summed E-state index contributed by atoms with van der Waals surface area (Å²) in [6.45, 7) is 5.86. The van der Waals surface area contributed by atoms with E-state index < -0.39 is 11.7 Å². The average molecular weight is 472 g/mol. The van der Waals surface area contributed by atoms with Crippen molar-refractivity contribution in [2.24, 2.45) is 0 Å². The first kappa shape index (κ1) is 22.9. The summed E-state index contributed by atoms with van der Waals surface area (Å²) in [5, 5.41) is 8.76. The molecular weight excluding hydrogens is 447 g/mol. The molecule has 0 atom stereocenters. The van der Waals surface area contributed by atoms with E-state index in [1.165, 1.54) is 12.1 Å². The monoisotopic (exact) mass is 471 g/mol. The van der Waals surface area contributed by atoms with Crippen molar-refractivity contribution >= 4 is 38.2 Å². The standard InChI is InChI=1S/C30H24F3NO/c1-17(2)34-29(35)21-9-12-25-22(14-21)15-23-13-20-6-4-5-18(3)26(20)16-27(23)28(25)19-7-10-24(11-8-19)30(31,32)33/h4-17H,1-3H3,(H,34,35). The van der Waals surface area contributed by atoms with Gasteiger partial charge in [-0.1, -0.05) is 36.4 Å². The quantitative estimate of drug-likeness (QED) is 0.264. The third-order valence-electron chi connectivity index (χ3n) is 6.35. The molecule has 0 unspecified atom stereocenters. The molecule has 0 bridgehead atoms. The number of carbonyl (C=O) groups is 1. The Morgan fingerprint density at radius 1 is 0.771 bits per heavy atom. The van der Waals surface area contributed by atoms with Crippen molar-refractivity contribution in [3.8, 4) is 11.1 Å². The van der Waals surface area contributed by atoms with E-state index in [0.29, 0.717) is 11.1 Å². The molecule has 0 aliphatic carbocycles. The van der Waals surface area contributed by atoms with Crippen molar-refractivity contribution in [1.29, 1.82) is 0 Å². The third kappa shape index (κ3) is 4.23. The van der Waals surface area contributed by atoms with E-state index in [-0.39, 0.29) is 11.9 Å². The number of nitrogens with one attached hydrogen (secondary N) is 1. The van der Waals surface area contributed by atoms with Gasteiger partial charge in [0.25, 0.3) is 5.91 Å². The molecule has 0 heterocycles. The molecule has 0 saturated carbocycles. The molecule has 5 heteroatoms. The molecule has 1 amide bonds. The average Bonchev–Trinajstić information content (AvgIpc) is 2.80. The van der Waals surface area contributed by atoms with Crippen molar-refractivity contribution in [1.82, 2.24) is 5.32 Å². The van der Waals surface area contributed by atoms with Crippen molar-refractivity contribution in [2.45, 2.75) is 33.0 Å². The van der Waals surface area contributed by atoms with Crippen molar-refractivity contribution < 1.29 is 18.0 Å². The molecule has 5 aromatic carbocycles. The molecule has 0 aromatic heterocycles. The summed E-state index contributed by atoms with van der Waals surface area (Å²) in [5.74, 6) is -0.160. The van der Waals surface area contributed by atoms with Crippen LogP contribution in [-0.4, -0.2) is 11.9 Å². The Balaban J connectivity index is 1.82. The second-order valence-electron chi connectivity index (χ2n) is 9.26. The predicted molar refractivity (Wildman–Crippen MR) is 137 cm³/mol. The van der Waals surface area contributed by atoms with Gasteiger partial charge in [-0.15, -0.1) is 0 Å². The van der Waals surface area contributed by atoms with Crippen molar-refractivity contribution in [3.63, 3.8) is 0 Å². The molecule has 5 rings (SSSR count). The molecule has 0 saturated heterocycles. The van der Waals surface area contributed by atoms with Crippen LogP contribution in [0.4, 0.5) is 13.2 Å². The summed E-state index contributed by atoms with van der Waals surface area (Å²) in [5.41, 5.74) is 2.54. The predicted octanol–water partition coefficient (Wildman–Crippen LogP) is 8.28. The number of carbonyl (C=O) groups excluding carboxylic acids is 1. The first-order chi connectivity index (χ1) is 16.6. The molecule has 35 heavy (non-hydrogen) atoms. The summed E-state index contributed by atoms with van der Waals surface area (Å²) in [7, 11) is 0. The maximum atomic E-state index is 13.2. The molecule has 0 radical (unpaired) electrons. The number of hydrogen-bond donors (Lipinski definition) is 1. The second-order valence-corrected chi connectivity index (χ2v) is 9.26. The summed E-state index contributed by atoms with van der Waals surface area (Å²) >= 11 is 0. The molecule has 0 aliphatic rings. The van der Waals surface area contributed by atoms with Crippen molar-refractivity contribution in [3.05, 3.63) is 95.6 Å². The number of alkyl halides is 3. The zero-order chi connectivity index (χ0) is 24.9. The van der Waals surface area contributed by atoms with E-state index in [4.69, 9.17) is 0 Å². The van der Waals surface area contributed by atoms with Crippen LogP contribution in [0.25, 0.3) is 43.4 Å². The van der Waals surface area contributed by atoms with E-state index in [2.05, 4.69) is 23.5 Å². The van der Waals surface area contributed by atoms with E-state index in [0.717, 1.165) is 55.6 Å². The maximum absolute atomic E-state index is 13.2. The van der Waals surface area contributed by atoms with Crippen LogP contribution in [0.15, 0.2) is 78.9 Å². The molecular formula is C30H24F3NO. The molecule has 2 nitrogen and oxygen atoms in total. The fraction of sp³-hybridized carbons (Fsp3) is 0.167. The van der Waals surface area contributed by atoms with Gasteiger partial charge in [0, 0.05) is 11.6 Å². The summed E-state index contributed by atoms with van der Waals surface area (Å²) in [6, 6.07) is 23.2. The summed E-state index contributed by atoms with van der Waals surface area (Å²) in [6.07, 6.45) is -4.40. The minimum absolute atomic E-state index is 0.00659. The lowest BCUT2D eigenvalue weighted by Crippen LogP contribution is -2.29. The SMILES string of the molecule is Cc1cccc2cc3cc4cc(C(=O)NC(C)C)ccc4c(-c4ccc(C(F)(F)F)cc4)c3cc12. The Morgan fingerprint density at radius 3 is 2.14 bits per heavy atom. The van der Waals surface area contributed by atoms with Gasteiger partial charge in [0.15, 0.2) is 0 Å². The Kier molecular flexibility index (Phi) is 5.51. The largest absolute Gasteiger partial charge is 0.416 e. The van der Waals surface area contributed by atoms with E-state index in [9.17, 15) is 18.0 Å². The van der Waals surface area contributed by atoms with Gasteiger partial charge in [0.2, 0.25) is 0 Å². The van der Waals surface area contributed by atoms with Crippen LogP contribution in [0.5, 0.6) is 0 Å². The summed E-state index contributed by atoms with van der Waals surface area (Å²) in [4.78, 5) is 12.6. The van der Waals surface area contributed by atoms with Crippen LogP contribution in [0.3, 0.4) is 0 Å². The number of amides is 1. The highest BCUT2D eigenvalue weighted by Gasteiger charge is 2.30. The van der Waals surface area contributed by atoms with Crippen LogP contribution >= 0.6 is 0 Å². The van der Waals surface area contributed by atoms with Gasteiger partial charge in [-0.2, -0.15) is 13.2 Å². The van der Waals surface area contributed by atoms with Crippen LogP contribution in [0.1, 0.15) is 35.3 Å². The van der Waals surface area contributed by atoms with Gasteiger partial charge >= 0.3 is 6.18 Å².